The van der Waals surface area contributed by atoms with Crippen molar-refractivity contribution >= 4 is 11.8 Å². The minimum atomic E-state index is -1.22. The first-order valence-electron chi connectivity index (χ1n) is 13.6. The van der Waals surface area contributed by atoms with E-state index in [4.69, 9.17) is 25.1 Å². The lowest BCUT2D eigenvalue weighted by molar-refractivity contribution is -0.129. The van der Waals surface area contributed by atoms with Gasteiger partial charge in [0.2, 0.25) is 5.90 Å². The zero-order valence-corrected chi connectivity index (χ0v) is 22.5. The topological polar surface area (TPSA) is 129 Å². The third-order valence-electron chi connectivity index (χ3n) is 7.60. The van der Waals surface area contributed by atoms with Crippen molar-refractivity contribution < 1.29 is 19.4 Å². The summed E-state index contributed by atoms with van der Waals surface area (Å²) in [6.45, 7) is 2.56. The van der Waals surface area contributed by atoms with E-state index in [1.165, 1.54) is 11.1 Å². The van der Waals surface area contributed by atoms with Gasteiger partial charge in [0.05, 0.1) is 13.2 Å². The Labute approximate surface area is 233 Å². The molecule has 1 aliphatic carbocycles. The summed E-state index contributed by atoms with van der Waals surface area (Å²) >= 11 is 0. The number of carbonyl (C=O) groups is 1. The first kappa shape index (κ1) is 27.2. The van der Waals surface area contributed by atoms with Crippen molar-refractivity contribution in [3.05, 3.63) is 111 Å². The normalized spacial score (nSPS) is 19.8. The van der Waals surface area contributed by atoms with E-state index in [0.717, 1.165) is 29.5 Å². The van der Waals surface area contributed by atoms with Crippen LogP contribution in [0.1, 0.15) is 41.2 Å². The number of nitrogens with zero attached hydrogens (tertiary/aromatic N) is 4. The van der Waals surface area contributed by atoms with Crippen molar-refractivity contribution in [3.63, 3.8) is 0 Å². The molecule has 2 aliphatic rings. The molecule has 0 bridgehead atoms. The number of hydrogen-bond acceptors (Lipinski definition) is 6. The molecular formula is C31H33N5O4. The predicted molar refractivity (Wildman–Crippen MR) is 152 cm³/mol. The zero-order chi connectivity index (χ0) is 28.0. The van der Waals surface area contributed by atoms with Gasteiger partial charge in [-0.25, -0.2) is 4.99 Å². The molecule has 9 heteroatoms. The number of amides is 1. The van der Waals surface area contributed by atoms with Crippen LogP contribution in [0.2, 0.25) is 0 Å². The molecule has 2 N–H and O–H groups in total. The molecule has 0 saturated carbocycles. The molecule has 1 amide bonds. The van der Waals surface area contributed by atoms with Gasteiger partial charge in [-0.3, -0.25) is 4.79 Å². The highest BCUT2D eigenvalue weighted by atomic mass is 16.5. The summed E-state index contributed by atoms with van der Waals surface area (Å²) in [4.78, 5) is 22.1. The maximum absolute atomic E-state index is 14.2. The lowest BCUT2D eigenvalue weighted by Gasteiger charge is -2.30. The average Bonchev–Trinajstić information content (AvgIpc) is 3.53. The number of carbonyl (C=O) groups excluding carboxylic acids is 1. The Hall–Kier alpha value is -4.33. The fourth-order valence-electron chi connectivity index (χ4n) is 5.40. The van der Waals surface area contributed by atoms with Gasteiger partial charge in [-0.15, -0.1) is 0 Å². The van der Waals surface area contributed by atoms with Crippen LogP contribution in [0, 0.1) is 0 Å². The van der Waals surface area contributed by atoms with Crippen molar-refractivity contribution in [2.24, 2.45) is 10.1 Å². The molecule has 40 heavy (non-hydrogen) atoms. The van der Waals surface area contributed by atoms with Crippen LogP contribution in [0.15, 0.2) is 82.9 Å². The Kier molecular flexibility index (Phi) is 8.34. The Morgan fingerprint density at radius 3 is 2.45 bits per heavy atom. The van der Waals surface area contributed by atoms with E-state index in [1.807, 2.05) is 67.6 Å². The highest BCUT2D eigenvalue weighted by Gasteiger charge is 2.51. The molecule has 1 heterocycles. The summed E-state index contributed by atoms with van der Waals surface area (Å²) in [5, 5.41) is 16.0. The minimum Gasteiger partial charge on any atom is -0.494 e. The Balaban J connectivity index is 1.45. The summed E-state index contributed by atoms with van der Waals surface area (Å²) in [6, 6.07) is 23.3. The molecule has 0 radical (unpaired) electrons. The summed E-state index contributed by atoms with van der Waals surface area (Å²) in [5.74, 6) is 0.891. The Morgan fingerprint density at radius 1 is 1.10 bits per heavy atom. The zero-order valence-electron chi connectivity index (χ0n) is 22.5. The molecule has 9 nitrogen and oxygen atoms in total. The van der Waals surface area contributed by atoms with Gasteiger partial charge < -0.3 is 19.9 Å². The van der Waals surface area contributed by atoms with E-state index in [1.54, 1.807) is 0 Å². The standard InChI is InChI=1S/C31H33N5O4/c1-21-31(19-25-9-4-5-10-26(25)20-33-36-32,30(38)34-27-17-23-7-2-3-8-24(23)18-27)35-29(40-21)22-11-13-28(14-12-22)39-16-6-15-37/h2-5,7-14,21,27,37H,6,15-20H2,1H3,(H,34,38)/t21-,31-/m1/s1. The van der Waals surface area contributed by atoms with Crippen molar-refractivity contribution in [3.8, 4) is 5.75 Å². The molecule has 1 aliphatic heterocycles. The molecule has 0 unspecified atom stereocenters. The van der Waals surface area contributed by atoms with Crippen molar-refractivity contribution in [1.29, 1.82) is 0 Å². The molecule has 0 aromatic heterocycles. The third kappa shape index (κ3) is 5.81. The summed E-state index contributed by atoms with van der Waals surface area (Å²) in [7, 11) is 0. The van der Waals surface area contributed by atoms with Crippen molar-refractivity contribution in [2.75, 3.05) is 13.2 Å². The number of ether oxygens (including phenoxy) is 2. The van der Waals surface area contributed by atoms with E-state index in [2.05, 4.69) is 27.5 Å². The van der Waals surface area contributed by atoms with Crippen molar-refractivity contribution in [2.45, 2.75) is 56.8 Å². The van der Waals surface area contributed by atoms with E-state index in [0.29, 0.717) is 31.1 Å². The maximum atomic E-state index is 14.2. The van der Waals surface area contributed by atoms with Gasteiger partial charge in [0.15, 0.2) is 5.54 Å². The Morgan fingerprint density at radius 2 is 1.77 bits per heavy atom. The van der Waals surface area contributed by atoms with E-state index < -0.39 is 11.6 Å². The van der Waals surface area contributed by atoms with Crippen LogP contribution in [0.5, 0.6) is 5.75 Å². The second-order valence-electron chi connectivity index (χ2n) is 10.2. The Bertz CT molecular complexity index is 1410. The van der Waals surface area contributed by atoms with Gasteiger partial charge in [0.1, 0.15) is 11.9 Å². The maximum Gasteiger partial charge on any atom is 0.252 e. The smallest absolute Gasteiger partial charge is 0.252 e. The van der Waals surface area contributed by atoms with Crippen LogP contribution in [0.4, 0.5) is 0 Å². The minimum absolute atomic E-state index is 0.0259. The number of rotatable bonds is 11. The lowest BCUT2D eigenvalue weighted by atomic mass is 9.84. The van der Waals surface area contributed by atoms with Crippen LogP contribution in [0.3, 0.4) is 0 Å². The predicted octanol–water partition coefficient (Wildman–Crippen LogP) is 4.69. The lowest BCUT2D eigenvalue weighted by Crippen LogP contribution is -2.55. The number of fused-ring (bicyclic) bond motifs is 1. The largest absolute Gasteiger partial charge is 0.494 e. The van der Waals surface area contributed by atoms with Crippen molar-refractivity contribution in [1.82, 2.24) is 5.32 Å². The number of aliphatic hydroxyl groups excluding tert-OH is 1. The number of azide groups is 1. The molecule has 3 aromatic carbocycles. The van der Waals surface area contributed by atoms with E-state index in [9.17, 15) is 4.79 Å². The van der Waals surface area contributed by atoms with E-state index >= 15 is 0 Å². The number of benzene rings is 3. The number of hydrogen-bond donors (Lipinski definition) is 2. The summed E-state index contributed by atoms with van der Waals surface area (Å²) < 4.78 is 11.9. The van der Waals surface area contributed by atoms with Crippen LogP contribution in [-0.2, 0) is 35.3 Å². The third-order valence-corrected chi connectivity index (χ3v) is 7.60. The fourth-order valence-corrected chi connectivity index (χ4v) is 5.40. The summed E-state index contributed by atoms with van der Waals surface area (Å²) in [6.07, 6.45) is 1.85. The van der Waals surface area contributed by atoms with Crippen LogP contribution < -0.4 is 10.1 Å². The quantitative estimate of drug-likeness (QED) is 0.159. The second-order valence-corrected chi connectivity index (χ2v) is 10.2. The number of aliphatic imine (C=N–C) groups is 1. The molecule has 0 spiro atoms. The van der Waals surface area contributed by atoms with Crippen LogP contribution in [0.25, 0.3) is 10.4 Å². The number of aliphatic hydroxyl groups is 1. The van der Waals surface area contributed by atoms with Crippen LogP contribution in [-0.4, -0.2) is 47.8 Å². The second kappa shape index (κ2) is 12.2. The molecular weight excluding hydrogens is 506 g/mol. The fraction of sp³-hybridized carbons (Fsp3) is 0.355. The molecule has 3 aromatic rings. The van der Waals surface area contributed by atoms with Gasteiger partial charge in [-0.1, -0.05) is 53.6 Å². The van der Waals surface area contributed by atoms with Gasteiger partial charge in [0, 0.05) is 36.0 Å². The molecule has 206 valence electrons. The van der Waals surface area contributed by atoms with Crippen LogP contribution >= 0.6 is 0 Å². The molecule has 5 rings (SSSR count). The first-order valence-corrected chi connectivity index (χ1v) is 13.6. The SMILES string of the molecule is C[C@H]1OC(c2ccc(OCCCO)cc2)=N[C@@]1(Cc1ccccc1CN=[N+]=[N-])C(=O)NC1Cc2ccccc2C1. The monoisotopic (exact) mass is 539 g/mol. The molecule has 0 fully saturated rings. The van der Waals surface area contributed by atoms with Gasteiger partial charge in [0.25, 0.3) is 5.91 Å². The molecule has 0 saturated heterocycles. The van der Waals surface area contributed by atoms with Gasteiger partial charge in [-0.2, -0.15) is 0 Å². The van der Waals surface area contributed by atoms with Gasteiger partial charge >= 0.3 is 0 Å². The highest BCUT2D eigenvalue weighted by Crippen LogP contribution is 2.34. The van der Waals surface area contributed by atoms with Gasteiger partial charge in [-0.05, 0) is 71.8 Å². The molecule has 2 atom stereocenters. The first-order chi connectivity index (χ1) is 19.5. The van der Waals surface area contributed by atoms with E-state index in [-0.39, 0.29) is 25.1 Å². The average molecular weight is 540 g/mol. The highest BCUT2D eigenvalue weighted by molar-refractivity contribution is 6.01. The number of nitrogens with one attached hydrogen (secondary N) is 1. The summed E-state index contributed by atoms with van der Waals surface area (Å²) in [5.41, 5.74) is 12.7.